The number of rotatable bonds is 4. The Kier molecular flexibility index (Phi) is 8.20. The number of aromatic hydroxyl groups is 3. The molecule has 0 amide bonds. The van der Waals surface area contributed by atoms with Crippen LogP contribution in [0.15, 0.2) is 48.5 Å². The number of hydrogen-bond acceptors (Lipinski definition) is 3. The highest BCUT2D eigenvalue weighted by molar-refractivity contribution is 5.57. The van der Waals surface area contributed by atoms with Crippen LogP contribution in [0.5, 0.6) is 17.2 Å². The maximum Gasteiger partial charge on any atom is 0.118 e. The minimum atomic E-state index is -0.233. The normalized spacial score (nSPS) is 19.3. The van der Waals surface area contributed by atoms with Crippen molar-refractivity contribution in [3.05, 3.63) is 87.5 Å². The second-order valence-electron chi connectivity index (χ2n) is 16.0. The SMILES string of the molecule is Cc1cc(C2(c3cc(C)c(O)cc3C(C)(C)C)CCC(C3(c4ccc(O)cc4)CCCCC3)CC2)c(C(C)(C)C)cc1O. The van der Waals surface area contributed by atoms with Crippen molar-refractivity contribution < 1.29 is 15.3 Å². The van der Waals surface area contributed by atoms with Crippen molar-refractivity contribution in [1.29, 1.82) is 0 Å². The Bertz CT molecular complexity index is 1380. The first-order chi connectivity index (χ1) is 20.1. The summed E-state index contributed by atoms with van der Waals surface area (Å²) in [6.45, 7) is 17.6. The molecule has 0 saturated heterocycles. The molecule has 2 aliphatic rings. The van der Waals surface area contributed by atoms with Gasteiger partial charge in [0, 0.05) is 5.41 Å². The summed E-state index contributed by atoms with van der Waals surface area (Å²) >= 11 is 0. The molecule has 0 radical (unpaired) electrons. The third-order valence-corrected chi connectivity index (χ3v) is 11.1. The highest BCUT2D eigenvalue weighted by Crippen LogP contribution is 2.58. The summed E-state index contributed by atoms with van der Waals surface area (Å²) in [5, 5.41) is 32.0. The first-order valence-electron chi connectivity index (χ1n) is 16.6. The van der Waals surface area contributed by atoms with E-state index in [2.05, 4.69) is 65.8 Å². The summed E-state index contributed by atoms with van der Waals surface area (Å²) in [7, 11) is 0. The van der Waals surface area contributed by atoms with Crippen LogP contribution in [-0.4, -0.2) is 15.3 Å². The fraction of sp³-hybridized carbons (Fsp3) is 0.550. The van der Waals surface area contributed by atoms with Crippen LogP contribution < -0.4 is 0 Å². The zero-order chi connectivity index (χ0) is 31.4. The predicted molar refractivity (Wildman–Crippen MR) is 179 cm³/mol. The quantitative estimate of drug-likeness (QED) is 0.287. The largest absolute Gasteiger partial charge is 0.508 e. The van der Waals surface area contributed by atoms with Crippen molar-refractivity contribution in [2.45, 2.75) is 135 Å². The monoisotopic (exact) mass is 582 g/mol. The van der Waals surface area contributed by atoms with E-state index < -0.39 is 0 Å². The Balaban J connectivity index is 1.71. The Labute approximate surface area is 260 Å². The molecule has 0 bridgehead atoms. The van der Waals surface area contributed by atoms with E-state index in [4.69, 9.17) is 0 Å². The lowest BCUT2D eigenvalue weighted by Gasteiger charge is -2.52. The molecule has 0 aliphatic heterocycles. The zero-order valence-corrected chi connectivity index (χ0v) is 27.9. The van der Waals surface area contributed by atoms with Crippen molar-refractivity contribution in [2.75, 3.05) is 0 Å². The summed E-state index contributed by atoms with van der Waals surface area (Å²) < 4.78 is 0. The lowest BCUT2D eigenvalue weighted by molar-refractivity contribution is 0.123. The molecule has 3 aromatic rings. The molecule has 0 aromatic heterocycles. The van der Waals surface area contributed by atoms with Crippen LogP contribution in [0.1, 0.15) is 138 Å². The summed E-state index contributed by atoms with van der Waals surface area (Å²) in [4.78, 5) is 0. The Morgan fingerprint density at radius 3 is 1.47 bits per heavy atom. The van der Waals surface area contributed by atoms with Gasteiger partial charge in [-0.1, -0.05) is 85.1 Å². The molecule has 43 heavy (non-hydrogen) atoms. The van der Waals surface area contributed by atoms with E-state index in [1.165, 1.54) is 59.9 Å². The Morgan fingerprint density at radius 2 is 1.05 bits per heavy atom. The van der Waals surface area contributed by atoms with Crippen LogP contribution in [-0.2, 0) is 21.7 Å². The first kappa shape index (κ1) is 31.5. The van der Waals surface area contributed by atoms with Crippen LogP contribution in [0.3, 0.4) is 0 Å². The number of phenolic OH excluding ortho intramolecular Hbond substituents is 3. The van der Waals surface area contributed by atoms with E-state index in [0.29, 0.717) is 23.2 Å². The Morgan fingerprint density at radius 1 is 0.605 bits per heavy atom. The first-order valence-corrected chi connectivity index (χ1v) is 16.6. The fourth-order valence-corrected chi connectivity index (χ4v) is 8.68. The molecule has 3 heteroatoms. The van der Waals surface area contributed by atoms with Crippen LogP contribution in [0.4, 0.5) is 0 Å². The van der Waals surface area contributed by atoms with Crippen molar-refractivity contribution in [2.24, 2.45) is 5.92 Å². The van der Waals surface area contributed by atoms with E-state index in [9.17, 15) is 15.3 Å². The summed E-state index contributed by atoms with van der Waals surface area (Å²) in [6, 6.07) is 16.7. The molecule has 3 N–H and O–H groups in total. The van der Waals surface area contributed by atoms with Gasteiger partial charge in [0.25, 0.3) is 0 Å². The van der Waals surface area contributed by atoms with Crippen molar-refractivity contribution in [3.63, 3.8) is 0 Å². The molecule has 2 fully saturated rings. The zero-order valence-electron chi connectivity index (χ0n) is 27.9. The second kappa shape index (κ2) is 11.2. The van der Waals surface area contributed by atoms with Gasteiger partial charge in [-0.3, -0.25) is 0 Å². The van der Waals surface area contributed by atoms with Gasteiger partial charge in [-0.2, -0.15) is 0 Å². The third-order valence-electron chi connectivity index (χ3n) is 11.1. The summed E-state index contributed by atoms with van der Waals surface area (Å²) in [5.41, 5.74) is 7.97. The van der Waals surface area contributed by atoms with E-state index in [-0.39, 0.29) is 21.7 Å². The molecule has 0 heterocycles. The van der Waals surface area contributed by atoms with E-state index in [1.54, 1.807) is 0 Å². The van der Waals surface area contributed by atoms with Crippen LogP contribution in [0.2, 0.25) is 0 Å². The minimum Gasteiger partial charge on any atom is -0.508 e. The lowest BCUT2D eigenvalue weighted by atomic mass is 9.52. The molecule has 3 aromatic carbocycles. The highest BCUT2D eigenvalue weighted by atomic mass is 16.3. The number of benzene rings is 3. The maximum atomic E-state index is 10.9. The molecule has 2 saturated carbocycles. The van der Waals surface area contributed by atoms with E-state index in [1.807, 2.05) is 38.1 Å². The van der Waals surface area contributed by atoms with Gasteiger partial charge in [0.1, 0.15) is 17.2 Å². The van der Waals surface area contributed by atoms with Gasteiger partial charge in [0.15, 0.2) is 0 Å². The molecule has 0 spiro atoms. The van der Waals surface area contributed by atoms with Gasteiger partial charge in [-0.15, -0.1) is 0 Å². The molecular formula is C40H54O3. The summed E-state index contributed by atoms with van der Waals surface area (Å²) in [6.07, 6.45) is 10.6. The van der Waals surface area contributed by atoms with Gasteiger partial charge in [0.05, 0.1) is 0 Å². The molecule has 5 rings (SSSR count). The van der Waals surface area contributed by atoms with Gasteiger partial charge >= 0.3 is 0 Å². The molecule has 0 atom stereocenters. The van der Waals surface area contributed by atoms with Gasteiger partial charge in [-0.05, 0) is 138 Å². The third kappa shape index (κ3) is 5.69. The number of hydrogen-bond donors (Lipinski definition) is 3. The fourth-order valence-electron chi connectivity index (χ4n) is 8.68. The van der Waals surface area contributed by atoms with Gasteiger partial charge < -0.3 is 15.3 Å². The molecular weight excluding hydrogens is 528 g/mol. The highest BCUT2D eigenvalue weighted by Gasteiger charge is 2.49. The average molecular weight is 583 g/mol. The van der Waals surface area contributed by atoms with Gasteiger partial charge in [-0.25, -0.2) is 0 Å². The van der Waals surface area contributed by atoms with Gasteiger partial charge in [0.2, 0.25) is 0 Å². The van der Waals surface area contributed by atoms with E-state index in [0.717, 1.165) is 36.8 Å². The summed E-state index contributed by atoms with van der Waals surface area (Å²) in [5.74, 6) is 1.64. The van der Waals surface area contributed by atoms with Crippen LogP contribution in [0, 0.1) is 19.8 Å². The smallest absolute Gasteiger partial charge is 0.118 e. The maximum absolute atomic E-state index is 10.9. The molecule has 3 nitrogen and oxygen atoms in total. The Hall–Kier alpha value is -2.94. The van der Waals surface area contributed by atoms with Crippen molar-refractivity contribution in [3.8, 4) is 17.2 Å². The average Bonchev–Trinajstić information content (AvgIpc) is 2.95. The molecule has 2 aliphatic carbocycles. The standard InChI is InChI=1S/C40H54O3/c1-26-22-33(31(24-35(26)42)37(3,4)5)40(34-23-27(2)36(43)25-32(34)38(6,7)8)20-16-29(17-21-40)39(18-10-9-11-19-39)28-12-14-30(41)15-13-28/h12-15,22-25,29,41-43H,9-11,16-21H2,1-8H3. The lowest BCUT2D eigenvalue weighted by Crippen LogP contribution is -2.44. The minimum absolute atomic E-state index is 0.144. The number of aryl methyl sites for hydroxylation is 2. The van der Waals surface area contributed by atoms with Crippen molar-refractivity contribution >= 4 is 0 Å². The van der Waals surface area contributed by atoms with Crippen molar-refractivity contribution in [1.82, 2.24) is 0 Å². The predicted octanol–water partition coefficient (Wildman–Crippen LogP) is 10.4. The topological polar surface area (TPSA) is 60.7 Å². The van der Waals surface area contributed by atoms with E-state index >= 15 is 0 Å². The molecule has 0 unspecified atom stereocenters. The molecule has 232 valence electrons. The number of phenols is 3. The van der Waals surface area contributed by atoms with Crippen LogP contribution in [0.25, 0.3) is 0 Å². The second-order valence-corrected chi connectivity index (χ2v) is 16.0. The van der Waals surface area contributed by atoms with Crippen LogP contribution >= 0.6 is 0 Å².